The van der Waals surface area contributed by atoms with Crippen LogP contribution in [0.15, 0.2) is 24.3 Å². The molecule has 2 atom stereocenters. The number of amides is 3. The Hall–Kier alpha value is -2.08. The van der Waals surface area contributed by atoms with E-state index in [2.05, 4.69) is 51.9 Å². The van der Waals surface area contributed by atoms with Crippen molar-refractivity contribution in [2.45, 2.75) is 53.5 Å². The van der Waals surface area contributed by atoms with E-state index < -0.39 is 0 Å². The largest absolute Gasteiger partial charge is 0.337 e. The highest BCUT2D eigenvalue weighted by atomic mass is 16.2. The second-order valence-corrected chi connectivity index (χ2v) is 10.4. The predicted molar refractivity (Wildman–Crippen MR) is 123 cm³/mol. The van der Waals surface area contributed by atoms with Crippen LogP contribution in [0, 0.1) is 17.3 Å². The van der Waals surface area contributed by atoms with Gasteiger partial charge in [-0.1, -0.05) is 46.8 Å². The fourth-order valence-electron chi connectivity index (χ4n) is 4.53. The highest BCUT2D eigenvalue weighted by molar-refractivity contribution is 6.04. The number of nitrogens with one attached hydrogen (secondary N) is 1. The minimum absolute atomic E-state index is 0.0621. The summed E-state index contributed by atoms with van der Waals surface area (Å²) in [7, 11) is 2.13. The Kier molecular flexibility index (Phi) is 6.75. The molecule has 6 nitrogen and oxygen atoms in total. The molecule has 2 aliphatic heterocycles. The fraction of sp³-hybridized carbons (Fsp3) is 0.667. The van der Waals surface area contributed by atoms with Crippen molar-refractivity contribution >= 4 is 23.3 Å². The van der Waals surface area contributed by atoms with Crippen molar-refractivity contribution < 1.29 is 9.59 Å². The van der Waals surface area contributed by atoms with E-state index in [9.17, 15) is 9.59 Å². The van der Waals surface area contributed by atoms with Crippen LogP contribution >= 0.6 is 0 Å². The third-order valence-corrected chi connectivity index (χ3v) is 6.23. The minimum Gasteiger partial charge on any atom is -0.337 e. The number of likely N-dealkylation sites (tertiary alicyclic amines) is 1. The molecule has 0 aromatic heterocycles. The lowest BCUT2D eigenvalue weighted by atomic mass is 9.83. The maximum atomic E-state index is 13.4. The van der Waals surface area contributed by atoms with Crippen molar-refractivity contribution in [3.05, 3.63) is 24.3 Å². The number of fused-ring (bicyclic) bond motifs is 1. The number of nitrogens with zero attached hydrogens (tertiary/aromatic N) is 3. The lowest BCUT2D eigenvalue weighted by Gasteiger charge is -2.47. The Morgan fingerprint density at radius 2 is 1.80 bits per heavy atom. The van der Waals surface area contributed by atoms with E-state index in [1.165, 1.54) is 0 Å². The highest BCUT2D eigenvalue weighted by Crippen LogP contribution is 2.41. The Labute approximate surface area is 181 Å². The van der Waals surface area contributed by atoms with Gasteiger partial charge in [-0.25, -0.2) is 4.79 Å². The van der Waals surface area contributed by atoms with Gasteiger partial charge < -0.3 is 15.1 Å². The number of rotatable bonds is 4. The van der Waals surface area contributed by atoms with Gasteiger partial charge in [-0.05, 0) is 49.4 Å². The van der Waals surface area contributed by atoms with Crippen LogP contribution in [0.3, 0.4) is 0 Å². The van der Waals surface area contributed by atoms with Crippen LogP contribution in [0.25, 0.3) is 0 Å². The number of hydrogen-bond donors (Lipinski definition) is 1. The molecule has 0 aliphatic carbocycles. The molecular formula is C24H38N4O2. The molecule has 3 rings (SSSR count). The number of benzene rings is 1. The quantitative estimate of drug-likeness (QED) is 0.811. The summed E-state index contributed by atoms with van der Waals surface area (Å²) < 4.78 is 0. The molecule has 0 bridgehead atoms. The van der Waals surface area contributed by atoms with E-state index in [1.54, 1.807) is 0 Å². The number of carbonyl (C=O) groups is 2. The van der Waals surface area contributed by atoms with E-state index >= 15 is 0 Å². The molecule has 0 spiro atoms. The molecule has 166 valence electrons. The first-order valence-corrected chi connectivity index (χ1v) is 11.2. The molecule has 1 aromatic carbocycles. The summed E-state index contributed by atoms with van der Waals surface area (Å²) in [6.45, 7) is 13.9. The number of carbonyl (C=O) groups excluding carboxylic acids is 2. The zero-order valence-corrected chi connectivity index (χ0v) is 19.4. The Morgan fingerprint density at radius 1 is 1.13 bits per heavy atom. The number of anilines is 2. The summed E-state index contributed by atoms with van der Waals surface area (Å²) in [6.07, 6.45) is 1.63. The van der Waals surface area contributed by atoms with Gasteiger partial charge in [0.2, 0.25) is 5.91 Å². The summed E-state index contributed by atoms with van der Waals surface area (Å²) in [4.78, 5) is 32.6. The minimum atomic E-state index is -0.172. The first-order chi connectivity index (χ1) is 14.1. The van der Waals surface area contributed by atoms with Crippen LogP contribution in [-0.2, 0) is 4.79 Å². The van der Waals surface area contributed by atoms with E-state index in [1.807, 2.05) is 34.1 Å². The molecule has 30 heavy (non-hydrogen) atoms. The average molecular weight is 415 g/mol. The lowest BCUT2D eigenvalue weighted by molar-refractivity contribution is -0.119. The summed E-state index contributed by atoms with van der Waals surface area (Å²) in [6, 6.07) is 7.64. The molecule has 1 saturated heterocycles. The van der Waals surface area contributed by atoms with E-state index in [0.29, 0.717) is 31.3 Å². The van der Waals surface area contributed by atoms with Crippen molar-refractivity contribution in [1.82, 2.24) is 10.2 Å². The van der Waals surface area contributed by atoms with Gasteiger partial charge in [0.15, 0.2) is 0 Å². The van der Waals surface area contributed by atoms with Gasteiger partial charge in [-0.3, -0.25) is 9.69 Å². The third-order valence-electron chi connectivity index (χ3n) is 6.23. The molecule has 2 aliphatic rings. The molecule has 3 amide bonds. The maximum absolute atomic E-state index is 13.4. The molecule has 2 heterocycles. The second kappa shape index (κ2) is 8.96. The molecule has 0 saturated carbocycles. The number of para-hydroxylation sites is 2. The smallest absolute Gasteiger partial charge is 0.322 e. The summed E-state index contributed by atoms with van der Waals surface area (Å²) in [5.41, 5.74) is 1.48. The normalized spacial score (nSPS) is 22.4. The van der Waals surface area contributed by atoms with Crippen molar-refractivity contribution in [1.29, 1.82) is 0 Å². The van der Waals surface area contributed by atoms with Gasteiger partial charge in [0.1, 0.15) is 0 Å². The molecule has 1 aromatic rings. The monoisotopic (exact) mass is 414 g/mol. The van der Waals surface area contributed by atoms with Crippen LogP contribution in [-0.4, -0.2) is 56.1 Å². The SMILES string of the molecule is CC(C)CC(=O)N1C[C@@H](C(C)(C)C)N(C(=O)NCC2CCN(C)C2)c2ccccc21. The predicted octanol–water partition coefficient (Wildman–Crippen LogP) is 3.96. The highest BCUT2D eigenvalue weighted by Gasteiger charge is 2.42. The summed E-state index contributed by atoms with van der Waals surface area (Å²) >= 11 is 0. The fourth-order valence-corrected chi connectivity index (χ4v) is 4.53. The Bertz CT molecular complexity index is 771. The number of urea groups is 1. The van der Waals surface area contributed by atoms with Crippen LogP contribution in [0.5, 0.6) is 0 Å². The Morgan fingerprint density at radius 3 is 2.37 bits per heavy atom. The molecule has 0 radical (unpaired) electrons. The molecular weight excluding hydrogens is 376 g/mol. The van der Waals surface area contributed by atoms with E-state index in [-0.39, 0.29) is 23.4 Å². The maximum Gasteiger partial charge on any atom is 0.322 e. The van der Waals surface area contributed by atoms with Crippen molar-refractivity contribution in [3.63, 3.8) is 0 Å². The molecule has 1 fully saturated rings. The van der Waals surface area contributed by atoms with Crippen molar-refractivity contribution in [3.8, 4) is 0 Å². The van der Waals surface area contributed by atoms with Gasteiger partial charge >= 0.3 is 6.03 Å². The third kappa shape index (κ3) is 4.97. The van der Waals surface area contributed by atoms with Gasteiger partial charge in [0, 0.05) is 26.1 Å². The van der Waals surface area contributed by atoms with E-state index in [4.69, 9.17) is 0 Å². The van der Waals surface area contributed by atoms with Crippen molar-refractivity contribution in [2.24, 2.45) is 17.3 Å². The van der Waals surface area contributed by atoms with Crippen LogP contribution in [0.2, 0.25) is 0 Å². The van der Waals surface area contributed by atoms with Gasteiger partial charge in [0.05, 0.1) is 17.4 Å². The molecule has 1 unspecified atom stereocenters. The van der Waals surface area contributed by atoms with Crippen LogP contribution in [0.4, 0.5) is 16.2 Å². The second-order valence-electron chi connectivity index (χ2n) is 10.4. The van der Waals surface area contributed by atoms with Crippen LogP contribution in [0.1, 0.15) is 47.5 Å². The van der Waals surface area contributed by atoms with Gasteiger partial charge in [-0.2, -0.15) is 0 Å². The standard InChI is InChI=1S/C24H38N4O2/c1-17(2)13-22(29)27-16-21(24(3,4)5)28(20-10-8-7-9-19(20)27)23(30)25-14-18-11-12-26(6)15-18/h7-10,17-18,21H,11-16H2,1-6H3,(H,25,30)/t18?,21-/m0/s1. The molecule has 1 N–H and O–H groups in total. The number of hydrogen-bond acceptors (Lipinski definition) is 3. The Balaban J connectivity index is 1.89. The molecule has 6 heteroatoms. The first kappa shape index (κ1) is 22.6. The van der Waals surface area contributed by atoms with E-state index in [0.717, 1.165) is 30.9 Å². The van der Waals surface area contributed by atoms with Crippen molar-refractivity contribution in [2.75, 3.05) is 43.0 Å². The van der Waals surface area contributed by atoms with Gasteiger partial charge in [0.25, 0.3) is 0 Å². The lowest BCUT2D eigenvalue weighted by Crippen LogP contribution is -2.60. The van der Waals surface area contributed by atoms with Gasteiger partial charge in [-0.15, -0.1) is 0 Å². The first-order valence-electron chi connectivity index (χ1n) is 11.2. The topological polar surface area (TPSA) is 55.9 Å². The summed E-state index contributed by atoms with van der Waals surface area (Å²) in [5, 5.41) is 3.19. The van der Waals surface area contributed by atoms with Crippen LogP contribution < -0.4 is 15.1 Å². The zero-order valence-electron chi connectivity index (χ0n) is 19.4. The zero-order chi connectivity index (χ0) is 22.1. The average Bonchev–Trinajstić information content (AvgIpc) is 3.08. The summed E-state index contributed by atoms with van der Waals surface area (Å²) in [5.74, 6) is 0.917.